The summed E-state index contributed by atoms with van der Waals surface area (Å²) in [7, 11) is 0. The first kappa shape index (κ1) is 15.5. The van der Waals surface area contributed by atoms with Gasteiger partial charge in [0.1, 0.15) is 0 Å². The molecular formula is C18H21O3-. The highest BCUT2D eigenvalue weighted by molar-refractivity contribution is 6.02. The molecule has 0 aliphatic heterocycles. The van der Waals surface area contributed by atoms with Gasteiger partial charge < -0.3 is 9.90 Å². The molecule has 1 aromatic carbocycles. The first-order chi connectivity index (χ1) is 9.90. The fourth-order valence-electron chi connectivity index (χ4n) is 2.92. The molecule has 21 heavy (non-hydrogen) atoms. The van der Waals surface area contributed by atoms with E-state index >= 15 is 0 Å². The quantitative estimate of drug-likeness (QED) is 0.802. The van der Waals surface area contributed by atoms with Crippen LogP contribution in [0.5, 0.6) is 0 Å². The van der Waals surface area contributed by atoms with E-state index in [-0.39, 0.29) is 23.2 Å². The normalized spacial score (nSPS) is 24.6. The Hall–Kier alpha value is -1.90. The third kappa shape index (κ3) is 3.41. The van der Waals surface area contributed by atoms with E-state index in [9.17, 15) is 14.7 Å². The van der Waals surface area contributed by atoms with Crippen molar-refractivity contribution in [3.8, 4) is 0 Å². The van der Waals surface area contributed by atoms with E-state index in [0.29, 0.717) is 5.92 Å². The molecule has 0 heterocycles. The first-order valence-electron chi connectivity index (χ1n) is 7.47. The smallest absolute Gasteiger partial charge is 0.162 e. The van der Waals surface area contributed by atoms with E-state index in [1.165, 1.54) is 12.1 Å². The van der Waals surface area contributed by atoms with Gasteiger partial charge in [-0.1, -0.05) is 45.0 Å². The Morgan fingerprint density at radius 1 is 1.24 bits per heavy atom. The van der Waals surface area contributed by atoms with Gasteiger partial charge in [0.15, 0.2) is 5.78 Å². The van der Waals surface area contributed by atoms with Crippen LogP contribution in [0.2, 0.25) is 0 Å². The van der Waals surface area contributed by atoms with Crippen LogP contribution in [0.25, 0.3) is 6.08 Å². The van der Waals surface area contributed by atoms with Gasteiger partial charge in [0.05, 0.1) is 5.97 Å². The lowest BCUT2D eigenvalue weighted by Crippen LogP contribution is -2.30. The predicted molar refractivity (Wildman–Crippen MR) is 80.5 cm³/mol. The maximum absolute atomic E-state index is 12.6. The second-order valence-electron chi connectivity index (χ2n) is 6.20. The summed E-state index contributed by atoms with van der Waals surface area (Å²) in [5.41, 5.74) is 1.88. The van der Waals surface area contributed by atoms with Crippen molar-refractivity contribution in [1.82, 2.24) is 0 Å². The van der Waals surface area contributed by atoms with Gasteiger partial charge in [0.25, 0.3) is 0 Å². The number of carbonyl (C=O) groups excluding carboxylic acids is 2. The molecule has 1 aromatic rings. The zero-order valence-corrected chi connectivity index (χ0v) is 12.8. The Bertz CT molecular complexity index is 567. The molecule has 0 aromatic heterocycles. The summed E-state index contributed by atoms with van der Waals surface area (Å²) in [4.78, 5) is 23.3. The highest BCUT2D eigenvalue weighted by Crippen LogP contribution is 2.35. The number of carbonyl (C=O) groups is 2. The topological polar surface area (TPSA) is 57.2 Å². The summed E-state index contributed by atoms with van der Waals surface area (Å²) in [6.45, 7) is 6.26. The minimum atomic E-state index is -1.18. The van der Waals surface area contributed by atoms with Crippen LogP contribution in [0.1, 0.15) is 49.5 Å². The molecular weight excluding hydrogens is 264 g/mol. The van der Waals surface area contributed by atoms with Crippen molar-refractivity contribution in [1.29, 1.82) is 0 Å². The molecule has 0 spiro atoms. The molecule has 0 radical (unpaired) electrons. The van der Waals surface area contributed by atoms with E-state index in [4.69, 9.17) is 0 Å². The molecule has 3 nitrogen and oxygen atoms in total. The molecule has 0 N–H and O–H groups in total. The maximum Gasteiger partial charge on any atom is 0.162 e. The zero-order valence-electron chi connectivity index (χ0n) is 12.8. The van der Waals surface area contributed by atoms with Gasteiger partial charge in [-0.05, 0) is 47.5 Å². The maximum atomic E-state index is 12.6. The number of rotatable bonds is 3. The van der Waals surface area contributed by atoms with E-state index in [0.717, 1.165) is 24.0 Å². The SMILES string of the molecule is CC(C)[C@H]1CC[C@@H](C)C(=Cc2ccc(C(=O)[O-])cc2)C1=O. The fraction of sp³-hybridized carbons (Fsp3) is 0.444. The number of aromatic carboxylic acids is 1. The molecule has 1 aliphatic rings. The largest absolute Gasteiger partial charge is 0.545 e. The summed E-state index contributed by atoms with van der Waals surface area (Å²) in [5, 5.41) is 10.7. The number of carboxylic acid groups (broad SMARTS) is 1. The van der Waals surface area contributed by atoms with Crippen molar-refractivity contribution >= 4 is 17.8 Å². The van der Waals surface area contributed by atoms with Crippen molar-refractivity contribution < 1.29 is 14.7 Å². The molecule has 2 atom stereocenters. The standard InChI is InChI=1S/C18H22O3/c1-11(2)15-9-4-12(3)16(17(15)19)10-13-5-7-14(8-6-13)18(20)21/h5-8,10-12,15H,4,9H2,1-3H3,(H,20,21)/p-1/t12-,15-/m1/s1. The van der Waals surface area contributed by atoms with E-state index in [1.807, 2.05) is 6.08 Å². The number of benzene rings is 1. The highest BCUT2D eigenvalue weighted by Gasteiger charge is 2.32. The molecule has 1 aliphatic carbocycles. The van der Waals surface area contributed by atoms with E-state index < -0.39 is 5.97 Å². The van der Waals surface area contributed by atoms with Crippen LogP contribution in [0.15, 0.2) is 29.8 Å². The molecule has 112 valence electrons. The minimum Gasteiger partial charge on any atom is -0.545 e. The summed E-state index contributed by atoms with van der Waals surface area (Å²) in [6.07, 6.45) is 3.89. The predicted octanol–water partition coefficient (Wildman–Crippen LogP) is 2.70. The van der Waals surface area contributed by atoms with Crippen LogP contribution < -0.4 is 5.11 Å². The van der Waals surface area contributed by atoms with Crippen LogP contribution in [-0.4, -0.2) is 11.8 Å². The Labute approximate surface area is 125 Å². The molecule has 0 amide bonds. The fourth-order valence-corrected chi connectivity index (χ4v) is 2.92. The molecule has 3 heteroatoms. The number of Topliss-reactive ketones (excluding diaryl/α,β-unsaturated/α-hetero) is 1. The monoisotopic (exact) mass is 285 g/mol. The number of allylic oxidation sites excluding steroid dienone is 1. The van der Waals surface area contributed by atoms with Crippen LogP contribution in [0.4, 0.5) is 0 Å². The Kier molecular flexibility index (Phi) is 4.61. The lowest BCUT2D eigenvalue weighted by Gasteiger charge is -2.30. The van der Waals surface area contributed by atoms with Gasteiger partial charge in [0.2, 0.25) is 0 Å². The molecule has 0 saturated heterocycles. The number of carboxylic acids is 1. The van der Waals surface area contributed by atoms with Gasteiger partial charge in [-0.3, -0.25) is 4.79 Å². The number of ketones is 1. The van der Waals surface area contributed by atoms with Gasteiger partial charge in [-0.25, -0.2) is 0 Å². The summed E-state index contributed by atoms with van der Waals surface area (Å²) in [6, 6.07) is 6.47. The molecule has 1 saturated carbocycles. The lowest BCUT2D eigenvalue weighted by atomic mass is 9.73. The van der Waals surface area contributed by atoms with Gasteiger partial charge >= 0.3 is 0 Å². The summed E-state index contributed by atoms with van der Waals surface area (Å²) >= 11 is 0. The zero-order chi connectivity index (χ0) is 15.6. The van der Waals surface area contributed by atoms with E-state index in [1.54, 1.807) is 12.1 Å². The van der Waals surface area contributed by atoms with Crippen molar-refractivity contribution in [2.24, 2.45) is 17.8 Å². The van der Waals surface area contributed by atoms with Crippen LogP contribution in [0.3, 0.4) is 0 Å². The summed E-state index contributed by atoms with van der Waals surface area (Å²) in [5.74, 6) is -0.221. The Morgan fingerprint density at radius 2 is 1.86 bits per heavy atom. The summed E-state index contributed by atoms with van der Waals surface area (Å²) < 4.78 is 0. The van der Waals surface area contributed by atoms with Crippen molar-refractivity contribution in [2.75, 3.05) is 0 Å². The Morgan fingerprint density at radius 3 is 2.38 bits per heavy atom. The average molecular weight is 285 g/mol. The van der Waals surface area contributed by atoms with Gasteiger partial charge in [-0.2, -0.15) is 0 Å². The third-order valence-electron chi connectivity index (χ3n) is 4.34. The second-order valence-corrected chi connectivity index (χ2v) is 6.20. The van der Waals surface area contributed by atoms with Crippen molar-refractivity contribution in [3.63, 3.8) is 0 Å². The molecule has 2 rings (SSSR count). The van der Waals surface area contributed by atoms with Gasteiger partial charge in [-0.15, -0.1) is 0 Å². The average Bonchev–Trinajstić information content (AvgIpc) is 2.43. The lowest BCUT2D eigenvalue weighted by molar-refractivity contribution is -0.255. The second kappa shape index (κ2) is 6.25. The third-order valence-corrected chi connectivity index (χ3v) is 4.34. The number of hydrogen-bond acceptors (Lipinski definition) is 3. The van der Waals surface area contributed by atoms with Gasteiger partial charge in [0, 0.05) is 5.92 Å². The Balaban J connectivity index is 2.28. The van der Waals surface area contributed by atoms with Crippen molar-refractivity contribution in [3.05, 3.63) is 41.0 Å². The molecule has 1 fully saturated rings. The highest BCUT2D eigenvalue weighted by atomic mass is 16.4. The van der Waals surface area contributed by atoms with Crippen molar-refractivity contribution in [2.45, 2.75) is 33.6 Å². The molecule has 0 unspecified atom stereocenters. The van der Waals surface area contributed by atoms with Crippen LogP contribution in [-0.2, 0) is 4.79 Å². The van der Waals surface area contributed by atoms with Crippen LogP contribution in [0, 0.1) is 17.8 Å². The van der Waals surface area contributed by atoms with Crippen LogP contribution >= 0.6 is 0 Å². The molecule has 0 bridgehead atoms. The first-order valence-corrected chi connectivity index (χ1v) is 7.47. The van der Waals surface area contributed by atoms with E-state index in [2.05, 4.69) is 20.8 Å². The number of hydrogen-bond donors (Lipinski definition) is 0. The minimum absolute atomic E-state index is 0.106.